The molecule has 0 spiro atoms. The highest BCUT2D eigenvalue weighted by molar-refractivity contribution is 7.80. The standard InChI is InChI=1S/C16H28N2O3S/c1-11(2)13-5-4-12(3)10-14(13)21-16(19)17-15(22)18-6-8-20-9-7-18/h11-14H,4-10H2,1-3H3,(H,17,19,22)/t12-,13-,14-/m1/s1. The van der Waals surface area contributed by atoms with Crippen LogP contribution in [0.4, 0.5) is 4.79 Å². The third-order valence-corrected chi connectivity index (χ3v) is 5.09. The lowest BCUT2D eigenvalue weighted by Crippen LogP contribution is -2.49. The Morgan fingerprint density at radius 3 is 2.64 bits per heavy atom. The first kappa shape index (κ1) is 17.5. The van der Waals surface area contributed by atoms with E-state index in [9.17, 15) is 4.79 Å². The highest BCUT2D eigenvalue weighted by atomic mass is 32.1. The van der Waals surface area contributed by atoms with Crippen molar-refractivity contribution in [3.05, 3.63) is 0 Å². The summed E-state index contributed by atoms with van der Waals surface area (Å²) in [5, 5.41) is 3.15. The first-order chi connectivity index (χ1) is 10.5. The van der Waals surface area contributed by atoms with Gasteiger partial charge in [0.1, 0.15) is 6.10 Å². The monoisotopic (exact) mass is 328 g/mol. The van der Waals surface area contributed by atoms with Crippen molar-refractivity contribution in [2.45, 2.75) is 46.1 Å². The Labute approximate surface area is 138 Å². The predicted octanol–water partition coefficient (Wildman–Crippen LogP) is 2.79. The molecule has 0 radical (unpaired) electrons. The van der Waals surface area contributed by atoms with E-state index < -0.39 is 6.09 Å². The molecule has 3 atom stereocenters. The van der Waals surface area contributed by atoms with Crippen molar-refractivity contribution in [3.8, 4) is 0 Å². The van der Waals surface area contributed by atoms with Crippen LogP contribution in [0.25, 0.3) is 0 Å². The predicted molar refractivity (Wildman–Crippen MR) is 89.7 cm³/mol. The number of nitrogens with one attached hydrogen (secondary N) is 1. The maximum atomic E-state index is 12.2. The average molecular weight is 328 g/mol. The smallest absolute Gasteiger partial charge is 0.413 e. The van der Waals surface area contributed by atoms with Gasteiger partial charge in [0, 0.05) is 13.1 Å². The van der Waals surface area contributed by atoms with Gasteiger partial charge < -0.3 is 14.4 Å². The molecule has 2 aliphatic rings. The number of hydrogen-bond donors (Lipinski definition) is 1. The molecule has 1 aliphatic carbocycles. The summed E-state index contributed by atoms with van der Waals surface area (Å²) in [4.78, 5) is 14.1. The SMILES string of the molecule is CC(C)[C@H]1CC[C@@H](C)C[C@H]1OC(=O)NC(=S)N1CCOCC1. The summed E-state index contributed by atoms with van der Waals surface area (Å²) in [6.45, 7) is 9.35. The molecule has 1 saturated heterocycles. The molecular formula is C16H28N2O3S. The molecule has 0 aromatic heterocycles. The molecule has 1 saturated carbocycles. The zero-order valence-electron chi connectivity index (χ0n) is 13.8. The lowest BCUT2D eigenvalue weighted by molar-refractivity contribution is 0.00758. The fourth-order valence-corrected chi connectivity index (χ4v) is 3.62. The van der Waals surface area contributed by atoms with E-state index in [2.05, 4.69) is 26.1 Å². The van der Waals surface area contributed by atoms with Crippen molar-refractivity contribution in [2.75, 3.05) is 26.3 Å². The van der Waals surface area contributed by atoms with Crippen LogP contribution in [-0.2, 0) is 9.47 Å². The third kappa shape index (κ3) is 4.81. The zero-order valence-corrected chi connectivity index (χ0v) is 14.7. The van der Waals surface area contributed by atoms with E-state index in [1.807, 2.05) is 4.90 Å². The maximum absolute atomic E-state index is 12.2. The van der Waals surface area contributed by atoms with Crippen molar-refractivity contribution in [1.82, 2.24) is 10.2 Å². The number of ether oxygens (including phenoxy) is 2. The van der Waals surface area contributed by atoms with E-state index in [0.29, 0.717) is 49.2 Å². The minimum atomic E-state index is -0.416. The van der Waals surface area contributed by atoms with Crippen LogP contribution in [0.1, 0.15) is 40.0 Å². The summed E-state index contributed by atoms with van der Waals surface area (Å²) < 4.78 is 11.0. The molecule has 6 heteroatoms. The molecule has 2 fully saturated rings. The van der Waals surface area contributed by atoms with E-state index in [1.165, 1.54) is 6.42 Å². The van der Waals surface area contributed by atoms with Crippen molar-refractivity contribution in [1.29, 1.82) is 0 Å². The largest absolute Gasteiger partial charge is 0.446 e. The van der Waals surface area contributed by atoms with Crippen LogP contribution in [0, 0.1) is 17.8 Å². The van der Waals surface area contributed by atoms with E-state index in [1.54, 1.807) is 0 Å². The number of thiocarbonyl (C=S) groups is 1. The van der Waals surface area contributed by atoms with Crippen molar-refractivity contribution in [3.63, 3.8) is 0 Å². The molecule has 2 rings (SSSR count). The molecule has 1 heterocycles. The third-order valence-electron chi connectivity index (χ3n) is 4.73. The minimum absolute atomic E-state index is 0.00348. The van der Waals surface area contributed by atoms with Gasteiger partial charge in [-0.15, -0.1) is 0 Å². The molecule has 1 N–H and O–H groups in total. The van der Waals surface area contributed by atoms with Crippen molar-refractivity contribution < 1.29 is 14.3 Å². The van der Waals surface area contributed by atoms with Gasteiger partial charge in [-0.25, -0.2) is 4.79 Å². The molecule has 0 aromatic rings. The van der Waals surface area contributed by atoms with Gasteiger partial charge in [0.15, 0.2) is 5.11 Å². The zero-order chi connectivity index (χ0) is 16.1. The van der Waals surface area contributed by atoms with Gasteiger partial charge in [-0.3, -0.25) is 5.32 Å². The number of amides is 1. The van der Waals surface area contributed by atoms with Crippen LogP contribution >= 0.6 is 12.2 Å². The Balaban J connectivity index is 1.85. The second-order valence-electron chi connectivity index (χ2n) is 6.80. The van der Waals surface area contributed by atoms with Gasteiger partial charge >= 0.3 is 6.09 Å². The Hall–Kier alpha value is -0.880. The summed E-state index contributed by atoms with van der Waals surface area (Å²) in [5.41, 5.74) is 0. The van der Waals surface area contributed by atoms with Crippen LogP contribution in [0.3, 0.4) is 0 Å². The van der Waals surface area contributed by atoms with Crippen LogP contribution in [0.2, 0.25) is 0 Å². The quantitative estimate of drug-likeness (QED) is 0.790. The summed E-state index contributed by atoms with van der Waals surface area (Å²) in [6.07, 6.45) is 2.87. The summed E-state index contributed by atoms with van der Waals surface area (Å²) in [6, 6.07) is 0. The molecule has 5 nitrogen and oxygen atoms in total. The fraction of sp³-hybridized carbons (Fsp3) is 0.875. The Morgan fingerprint density at radius 2 is 2.00 bits per heavy atom. The highest BCUT2D eigenvalue weighted by Crippen LogP contribution is 2.35. The molecular weight excluding hydrogens is 300 g/mol. The van der Waals surface area contributed by atoms with E-state index in [4.69, 9.17) is 21.7 Å². The topological polar surface area (TPSA) is 50.8 Å². The summed E-state index contributed by atoms with van der Waals surface area (Å²) >= 11 is 5.28. The summed E-state index contributed by atoms with van der Waals surface area (Å²) in [5.74, 6) is 1.58. The van der Waals surface area contributed by atoms with Gasteiger partial charge in [0.2, 0.25) is 0 Å². The first-order valence-electron chi connectivity index (χ1n) is 8.31. The Bertz CT molecular complexity index is 397. The fourth-order valence-electron chi connectivity index (χ4n) is 3.35. The number of carbonyl (C=O) groups excluding carboxylic acids is 1. The number of alkyl carbamates (subject to hydrolysis) is 1. The maximum Gasteiger partial charge on any atom is 0.413 e. The van der Waals surface area contributed by atoms with Crippen LogP contribution in [-0.4, -0.2) is 48.5 Å². The minimum Gasteiger partial charge on any atom is -0.446 e. The van der Waals surface area contributed by atoms with Gasteiger partial charge in [-0.2, -0.15) is 0 Å². The van der Waals surface area contributed by atoms with Crippen LogP contribution in [0.15, 0.2) is 0 Å². The molecule has 1 amide bonds. The van der Waals surface area contributed by atoms with Gasteiger partial charge in [-0.05, 0) is 42.8 Å². The van der Waals surface area contributed by atoms with Gasteiger partial charge in [0.25, 0.3) is 0 Å². The van der Waals surface area contributed by atoms with Crippen molar-refractivity contribution in [2.24, 2.45) is 17.8 Å². The average Bonchev–Trinajstić information content (AvgIpc) is 2.47. The Kier molecular flexibility index (Phi) is 6.44. The number of morpholine rings is 1. The lowest BCUT2D eigenvalue weighted by Gasteiger charge is -2.37. The van der Waals surface area contributed by atoms with Gasteiger partial charge in [-0.1, -0.05) is 27.2 Å². The summed E-state index contributed by atoms with van der Waals surface area (Å²) in [7, 11) is 0. The molecule has 126 valence electrons. The van der Waals surface area contributed by atoms with Crippen LogP contribution < -0.4 is 5.32 Å². The molecule has 1 aliphatic heterocycles. The van der Waals surface area contributed by atoms with E-state index in [0.717, 1.165) is 12.8 Å². The van der Waals surface area contributed by atoms with Crippen molar-refractivity contribution >= 4 is 23.4 Å². The van der Waals surface area contributed by atoms with E-state index >= 15 is 0 Å². The second-order valence-corrected chi connectivity index (χ2v) is 7.19. The molecule has 22 heavy (non-hydrogen) atoms. The number of nitrogens with zero attached hydrogens (tertiary/aromatic N) is 1. The number of carbonyl (C=O) groups is 1. The number of rotatable bonds is 2. The lowest BCUT2D eigenvalue weighted by atomic mass is 9.75. The second kappa shape index (κ2) is 8.11. The van der Waals surface area contributed by atoms with E-state index in [-0.39, 0.29) is 6.10 Å². The Morgan fingerprint density at radius 1 is 1.32 bits per heavy atom. The normalized spacial score (nSPS) is 29.3. The molecule has 0 unspecified atom stereocenters. The van der Waals surface area contributed by atoms with Gasteiger partial charge in [0.05, 0.1) is 13.2 Å². The first-order valence-corrected chi connectivity index (χ1v) is 8.72. The van der Waals surface area contributed by atoms with Crippen LogP contribution in [0.5, 0.6) is 0 Å². The number of hydrogen-bond acceptors (Lipinski definition) is 4. The highest BCUT2D eigenvalue weighted by Gasteiger charge is 2.33. The molecule has 0 aromatic carbocycles. The molecule has 0 bridgehead atoms.